The van der Waals surface area contributed by atoms with Gasteiger partial charge in [-0.3, -0.25) is 19.6 Å². The van der Waals surface area contributed by atoms with Crippen LogP contribution in [0.3, 0.4) is 0 Å². The SMILES string of the molecule is CCN(C(=O)c1cc(C(=O)NCc2ccccn2)ccn1)c1cccc(C)c1. The highest BCUT2D eigenvalue weighted by Gasteiger charge is 2.19. The minimum absolute atomic E-state index is 0.230. The number of aryl methyl sites for hydroxylation is 1. The highest BCUT2D eigenvalue weighted by atomic mass is 16.2. The quantitative estimate of drug-likeness (QED) is 0.718. The van der Waals surface area contributed by atoms with E-state index in [9.17, 15) is 9.59 Å². The zero-order chi connectivity index (χ0) is 19.9. The Morgan fingerprint density at radius 1 is 1.00 bits per heavy atom. The third-order valence-corrected chi connectivity index (χ3v) is 4.27. The number of amides is 2. The molecule has 28 heavy (non-hydrogen) atoms. The maximum Gasteiger partial charge on any atom is 0.276 e. The Hall–Kier alpha value is -3.54. The fraction of sp³-hybridized carbons (Fsp3) is 0.182. The van der Waals surface area contributed by atoms with Crippen molar-refractivity contribution in [2.75, 3.05) is 11.4 Å². The molecule has 1 N–H and O–H groups in total. The van der Waals surface area contributed by atoms with Crippen molar-refractivity contribution in [3.05, 3.63) is 89.5 Å². The molecule has 0 fully saturated rings. The summed E-state index contributed by atoms with van der Waals surface area (Å²) in [7, 11) is 0. The largest absolute Gasteiger partial charge is 0.346 e. The molecule has 0 atom stereocenters. The molecule has 0 saturated carbocycles. The molecule has 3 rings (SSSR count). The average Bonchev–Trinajstić information content (AvgIpc) is 2.73. The fourth-order valence-corrected chi connectivity index (χ4v) is 2.84. The standard InChI is InChI=1S/C22H22N4O2/c1-3-26(19-9-6-7-16(2)13-19)22(28)20-14-17(10-12-24-20)21(27)25-15-18-8-4-5-11-23-18/h4-14H,3,15H2,1-2H3,(H,25,27). The van der Waals surface area contributed by atoms with Crippen LogP contribution in [0.2, 0.25) is 0 Å². The molecule has 6 heteroatoms. The summed E-state index contributed by atoms with van der Waals surface area (Å²) in [5, 5.41) is 2.81. The molecule has 0 unspecified atom stereocenters. The van der Waals surface area contributed by atoms with Crippen molar-refractivity contribution in [3.63, 3.8) is 0 Å². The van der Waals surface area contributed by atoms with E-state index < -0.39 is 0 Å². The molecule has 2 amide bonds. The van der Waals surface area contributed by atoms with Gasteiger partial charge in [0.2, 0.25) is 0 Å². The lowest BCUT2D eigenvalue weighted by Crippen LogP contribution is -2.32. The van der Waals surface area contributed by atoms with Crippen molar-refractivity contribution in [1.29, 1.82) is 0 Å². The van der Waals surface area contributed by atoms with Gasteiger partial charge < -0.3 is 10.2 Å². The fourth-order valence-electron chi connectivity index (χ4n) is 2.84. The lowest BCUT2D eigenvalue weighted by molar-refractivity contribution is 0.0950. The molecular weight excluding hydrogens is 352 g/mol. The molecule has 2 heterocycles. The molecule has 0 saturated heterocycles. The van der Waals surface area contributed by atoms with Gasteiger partial charge in [-0.05, 0) is 55.8 Å². The Bertz CT molecular complexity index is 973. The smallest absolute Gasteiger partial charge is 0.276 e. The van der Waals surface area contributed by atoms with Crippen LogP contribution in [-0.4, -0.2) is 28.3 Å². The van der Waals surface area contributed by atoms with E-state index in [1.165, 1.54) is 12.3 Å². The van der Waals surface area contributed by atoms with Gasteiger partial charge >= 0.3 is 0 Å². The Balaban J connectivity index is 1.76. The molecule has 1 aromatic carbocycles. The second-order valence-electron chi connectivity index (χ2n) is 6.32. The Labute approximate surface area is 164 Å². The summed E-state index contributed by atoms with van der Waals surface area (Å²) >= 11 is 0. The maximum absolute atomic E-state index is 13.0. The molecule has 2 aromatic heterocycles. The van der Waals surface area contributed by atoms with Gasteiger partial charge in [0.25, 0.3) is 11.8 Å². The molecule has 0 bridgehead atoms. The van der Waals surface area contributed by atoms with Crippen LogP contribution >= 0.6 is 0 Å². The molecule has 0 spiro atoms. The average molecular weight is 374 g/mol. The monoisotopic (exact) mass is 374 g/mol. The molecule has 0 aliphatic carbocycles. The van der Waals surface area contributed by atoms with Crippen LogP contribution in [0.25, 0.3) is 0 Å². The second kappa shape index (κ2) is 8.90. The number of nitrogens with zero attached hydrogens (tertiary/aromatic N) is 3. The van der Waals surface area contributed by atoms with Gasteiger partial charge in [0.1, 0.15) is 5.69 Å². The Morgan fingerprint density at radius 3 is 2.57 bits per heavy atom. The Kier molecular flexibility index (Phi) is 6.11. The van der Waals surface area contributed by atoms with Crippen LogP contribution in [0.15, 0.2) is 67.0 Å². The number of carbonyl (C=O) groups is 2. The predicted octanol–water partition coefficient (Wildman–Crippen LogP) is 3.38. The van der Waals surface area contributed by atoms with Gasteiger partial charge in [-0.15, -0.1) is 0 Å². The molecule has 6 nitrogen and oxygen atoms in total. The summed E-state index contributed by atoms with van der Waals surface area (Å²) < 4.78 is 0. The first-order chi connectivity index (χ1) is 13.6. The summed E-state index contributed by atoms with van der Waals surface area (Å²) in [6, 6.07) is 16.4. The molecule has 0 aliphatic rings. The van der Waals surface area contributed by atoms with Crippen LogP contribution in [0.4, 0.5) is 5.69 Å². The Morgan fingerprint density at radius 2 is 1.86 bits per heavy atom. The number of hydrogen-bond donors (Lipinski definition) is 1. The van der Waals surface area contributed by atoms with E-state index in [2.05, 4.69) is 15.3 Å². The highest BCUT2D eigenvalue weighted by molar-refractivity contribution is 6.06. The summed E-state index contributed by atoms with van der Waals surface area (Å²) in [4.78, 5) is 35.4. The summed E-state index contributed by atoms with van der Waals surface area (Å²) in [5.74, 6) is -0.520. The minimum Gasteiger partial charge on any atom is -0.346 e. The van der Waals surface area contributed by atoms with E-state index in [0.717, 1.165) is 16.9 Å². The number of aromatic nitrogens is 2. The van der Waals surface area contributed by atoms with Crippen molar-refractivity contribution in [1.82, 2.24) is 15.3 Å². The van der Waals surface area contributed by atoms with E-state index in [0.29, 0.717) is 18.7 Å². The van der Waals surface area contributed by atoms with Gasteiger partial charge in [0, 0.05) is 30.2 Å². The summed E-state index contributed by atoms with van der Waals surface area (Å²) in [5.41, 5.74) is 3.25. The van der Waals surface area contributed by atoms with Gasteiger partial charge in [0.05, 0.1) is 12.2 Å². The van der Waals surface area contributed by atoms with Crippen molar-refractivity contribution in [2.24, 2.45) is 0 Å². The van der Waals surface area contributed by atoms with Crippen molar-refractivity contribution >= 4 is 17.5 Å². The second-order valence-corrected chi connectivity index (χ2v) is 6.32. The number of nitrogens with one attached hydrogen (secondary N) is 1. The van der Waals surface area contributed by atoms with Crippen molar-refractivity contribution < 1.29 is 9.59 Å². The highest BCUT2D eigenvalue weighted by Crippen LogP contribution is 2.18. The first-order valence-corrected chi connectivity index (χ1v) is 9.11. The third kappa shape index (κ3) is 4.59. The van der Waals surface area contributed by atoms with Gasteiger partial charge in [-0.1, -0.05) is 18.2 Å². The van der Waals surface area contributed by atoms with Gasteiger partial charge in [-0.2, -0.15) is 0 Å². The van der Waals surface area contributed by atoms with Crippen LogP contribution < -0.4 is 10.2 Å². The van der Waals surface area contributed by atoms with E-state index in [1.807, 2.05) is 56.3 Å². The zero-order valence-electron chi connectivity index (χ0n) is 15.9. The van der Waals surface area contributed by atoms with E-state index in [1.54, 1.807) is 17.2 Å². The number of benzene rings is 1. The van der Waals surface area contributed by atoms with Crippen LogP contribution in [0.5, 0.6) is 0 Å². The van der Waals surface area contributed by atoms with E-state index in [-0.39, 0.29) is 17.5 Å². The number of rotatable bonds is 6. The predicted molar refractivity (Wildman–Crippen MR) is 108 cm³/mol. The number of hydrogen-bond acceptors (Lipinski definition) is 4. The summed E-state index contributed by atoms with van der Waals surface area (Å²) in [6.07, 6.45) is 3.16. The molecule has 3 aromatic rings. The minimum atomic E-state index is -0.277. The molecule has 0 aliphatic heterocycles. The zero-order valence-corrected chi connectivity index (χ0v) is 15.9. The topological polar surface area (TPSA) is 75.2 Å². The molecule has 0 radical (unpaired) electrons. The summed E-state index contributed by atoms with van der Waals surface area (Å²) in [6.45, 7) is 4.70. The van der Waals surface area contributed by atoms with Crippen LogP contribution in [-0.2, 0) is 6.54 Å². The van der Waals surface area contributed by atoms with Crippen LogP contribution in [0.1, 0.15) is 39.0 Å². The van der Waals surface area contributed by atoms with E-state index in [4.69, 9.17) is 0 Å². The first-order valence-electron chi connectivity index (χ1n) is 9.11. The third-order valence-electron chi connectivity index (χ3n) is 4.27. The molecular formula is C22H22N4O2. The lowest BCUT2D eigenvalue weighted by Gasteiger charge is -2.21. The number of carbonyl (C=O) groups excluding carboxylic acids is 2. The van der Waals surface area contributed by atoms with Gasteiger partial charge in [-0.25, -0.2) is 0 Å². The number of pyridine rings is 2. The first kappa shape index (κ1) is 19.2. The normalized spacial score (nSPS) is 10.4. The van der Waals surface area contributed by atoms with Gasteiger partial charge in [0.15, 0.2) is 0 Å². The number of anilines is 1. The molecule has 142 valence electrons. The van der Waals surface area contributed by atoms with Crippen molar-refractivity contribution in [2.45, 2.75) is 20.4 Å². The maximum atomic E-state index is 13.0. The lowest BCUT2D eigenvalue weighted by atomic mass is 10.1. The van der Waals surface area contributed by atoms with Crippen LogP contribution in [0, 0.1) is 6.92 Å². The van der Waals surface area contributed by atoms with Crippen molar-refractivity contribution in [3.8, 4) is 0 Å². The van der Waals surface area contributed by atoms with E-state index >= 15 is 0 Å².